The van der Waals surface area contributed by atoms with Gasteiger partial charge in [0, 0.05) is 0 Å². The standard InChI is InChI=1S/C14H20N2.C2H6/c1-3-5-13(6-4-2)11-14(12-15)7-9-16-10-8-14;1-2/h3-6,16H,1,7-11H2,2H3;1-2H3/b6-4-,13-5+;. The van der Waals surface area contributed by atoms with E-state index in [9.17, 15) is 5.26 Å². The van der Waals surface area contributed by atoms with Crippen LogP contribution in [0.5, 0.6) is 0 Å². The van der Waals surface area contributed by atoms with Crippen LogP contribution in [0.2, 0.25) is 0 Å². The second kappa shape index (κ2) is 9.67. The van der Waals surface area contributed by atoms with Crippen molar-refractivity contribution in [1.29, 1.82) is 5.26 Å². The minimum absolute atomic E-state index is 0.181. The molecule has 0 aromatic rings. The molecule has 1 heterocycles. The van der Waals surface area contributed by atoms with Crippen molar-refractivity contribution in [2.45, 2.75) is 40.0 Å². The third-order valence-electron chi connectivity index (χ3n) is 3.05. The predicted molar refractivity (Wildman–Crippen MR) is 79.2 cm³/mol. The van der Waals surface area contributed by atoms with E-state index in [1.807, 2.05) is 32.9 Å². The molecule has 0 radical (unpaired) electrons. The summed E-state index contributed by atoms with van der Waals surface area (Å²) in [5.74, 6) is 0. The van der Waals surface area contributed by atoms with E-state index in [0.29, 0.717) is 0 Å². The molecule has 0 aromatic heterocycles. The van der Waals surface area contributed by atoms with Gasteiger partial charge in [0.1, 0.15) is 0 Å². The van der Waals surface area contributed by atoms with Gasteiger partial charge in [-0.3, -0.25) is 0 Å². The summed E-state index contributed by atoms with van der Waals surface area (Å²) in [5, 5.41) is 12.7. The molecule has 0 spiro atoms. The van der Waals surface area contributed by atoms with Crippen LogP contribution in [0.4, 0.5) is 0 Å². The first-order valence-electron chi connectivity index (χ1n) is 6.82. The fraction of sp³-hybridized carbons (Fsp3) is 0.562. The zero-order valence-electron chi connectivity index (χ0n) is 12.0. The Bertz CT molecular complexity index is 325. The Hall–Kier alpha value is -1.33. The second-order valence-electron chi connectivity index (χ2n) is 4.30. The number of rotatable bonds is 4. The molecule has 100 valence electrons. The first kappa shape index (κ1) is 16.7. The summed E-state index contributed by atoms with van der Waals surface area (Å²) in [6, 6.07) is 2.52. The van der Waals surface area contributed by atoms with E-state index in [-0.39, 0.29) is 5.41 Å². The quantitative estimate of drug-likeness (QED) is 0.761. The topological polar surface area (TPSA) is 35.8 Å². The van der Waals surface area contributed by atoms with E-state index in [1.54, 1.807) is 6.08 Å². The Labute approximate surface area is 112 Å². The maximum Gasteiger partial charge on any atom is 0.0694 e. The fourth-order valence-electron chi connectivity index (χ4n) is 2.16. The third-order valence-corrected chi connectivity index (χ3v) is 3.05. The average Bonchev–Trinajstić information content (AvgIpc) is 2.43. The van der Waals surface area contributed by atoms with Crippen molar-refractivity contribution in [3.05, 3.63) is 36.5 Å². The van der Waals surface area contributed by atoms with Crippen LogP contribution in [-0.2, 0) is 0 Å². The molecule has 1 N–H and O–H groups in total. The lowest BCUT2D eigenvalue weighted by Crippen LogP contribution is -2.36. The Morgan fingerprint density at radius 2 is 2.00 bits per heavy atom. The number of nitriles is 1. The van der Waals surface area contributed by atoms with E-state index in [2.05, 4.69) is 24.0 Å². The normalized spacial score (nSPS) is 18.7. The maximum atomic E-state index is 9.37. The summed E-state index contributed by atoms with van der Waals surface area (Å²) in [4.78, 5) is 0. The van der Waals surface area contributed by atoms with Crippen molar-refractivity contribution in [2.24, 2.45) is 5.41 Å². The van der Waals surface area contributed by atoms with Gasteiger partial charge in [0.25, 0.3) is 0 Å². The minimum Gasteiger partial charge on any atom is -0.317 e. The summed E-state index contributed by atoms with van der Waals surface area (Å²) in [6.07, 6.45) is 10.6. The first-order valence-corrected chi connectivity index (χ1v) is 6.82. The summed E-state index contributed by atoms with van der Waals surface area (Å²) in [6.45, 7) is 11.6. The summed E-state index contributed by atoms with van der Waals surface area (Å²) in [5.41, 5.74) is 1.01. The number of allylic oxidation sites excluding steroid dienone is 5. The van der Waals surface area contributed by atoms with E-state index < -0.39 is 0 Å². The molecule has 0 atom stereocenters. The lowest BCUT2D eigenvalue weighted by molar-refractivity contribution is 0.281. The number of hydrogen-bond acceptors (Lipinski definition) is 2. The Morgan fingerprint density at radius 1 is 1.39 bits per heavy atom. The van der Waals surface area contributed by atoms with Gasteiger partial charge < -0.3 is 5.32 Å². The number of nitrogens with one attached hydrogen (secondary N) is 1. The van der Waals surface area contributed by atoms with Gasteiger partial charge in [0.2, 0.25) is 0 Å². The Morgan fingerprint density at radius 3 is 2.44 bits per heavy atom. The van der Waals surface area contributed by atoms with Crippen LogP contribution in [-0.4, -0.2) is 13.1 Å². The van der Waals surface area contributed by atoms with Crippen molar-refractivity contribution < 1.29 is 0 Å². The van der Waals surface area contributed by atoms with Crippen molar-refractivity contribution in [1.82, 2.24) is 5.32 Å². The molecular formula is C16H26N2. The highest BCUT2D eigenvalue weighted by Gasteiger charge is 2.32. The SMILES string of the molecule is C=C/C=C(\C=C/C)CC1(C#N)CCNCC1.CC. The number of piperidine rings is 1. The summed E-state index contributed by atoms with van der Waals surface area (Å²) < 4.78 is 0. The molecule has 1 rings (SSSR count). The van der Waals surface area contributed by atoms with Gasteiger partial charge >= 0.3 is 0 Å². The van der Waals surface area contributed by atoms with Crippen LogP contribution < -0.4 is 5.32 Å². The van der Waals surface area contributed by atoms with Gasteiger partial charge in [0.05, 0.1) is 11.5 Å². The molecule has 1 fully saturated rings. The first-order chi connectivity index (χ1) is 8.76. The highest BCUT2D eigenvalue weighted by atomic mass is 14.9. The van der Waals surface area contributed by atoms with Crippen LogP contribution in [0.3, 0.4) is 0 Å². The Balaban J connectivity index is 0.00000137. The largest absolute Gasteiger partial charge is 0.317 e. The van der Waals surface area contributed by atoms with Crippen LogP contribution >= 0.6 is 0 Å². The highest BCUT2D eigenvalue weighted by molar-refractivity contribution is 5.26. The lowest BCUT2D eigenvalue weighted by atomic mass is 9.75. The van der Waals surface area contributed by atoms with Crippen LogP contribution in [0.25, 0.3) is 0 Å². The molecule has 0 saturated carbocycles. The van der Waals surface area contributed by atoms with Gasteiger partial charge in [0.15, 0.2) is 0 Å². The fourth-order valence-corrected chi connectivity index (χ4v) is 2.16. The highest BCUT2D eigenvalue weighted by Crippen LogP contribution is 2.35. The van der Waals surface area contributed by atoms with Crippen molar-refractivity contribution >= 4 is 0 Å². The van der Waals surface area contributed by atoms with Crippen LogP contribution in [0.15, 0.2) is 36.5 Å². The molecule has 1 aliphatic rings. The molecule has 0 bridgehead atoms. The van der Waals surface area contributed by atoms with E-state index in [4.69, 9.17) is 0 Å². The van der Waals surface area contributed by atoms with Gasteiger partial charge in [-0.15, -0.1) is 0 Å². The molecule has 18 heavy (non-hydrogen) atoms. The zero-order valence-corrected chi connectivity index (χ0v) is 12.0. The van der Waals surface area contributed by atoms with Crippen molar-refractivity contribution in [3.8, 4) is 6.07 Å². The molecular weight excluding hydrogens is 220 g/mol. The minimum atomic E-state index is -0.181. The smallest absolute Gasteiger partial charge is 0.0694 e. The summed E-state index contributed by atoms with van der Waals surface area (Å²) >= 11 is 0. The molecule has 1 saturated heterocycles. The number of nitrogens with zero attached hydrogens (tertiary/aromatic N) is 1. The van der Waals surface area contributed by atoms with Crippen LogP contribution in [0, 0.1) is 16.7 Å². The second-order valence-corrected chi connectivity index (χ2v) is 4.30. The summed E-state index contributed by atoms with van der Waals surface area (Å²) in [7, 11) is 0. The predicted octanol–water partition coefficient (Wildman–Crippen LogP) is 3.98. The van der Waals surface area contributed by atoms with Gasteiger partial charge in [-0.2, -0.15) is 5.26 Å². The monoisotopic (exact) mass is 246 g/mol. The zero-order chi connectivity index (χ0) is 13.9. The Kier molecular flexibility index (Phi) is 8.96. The average molecular weight is 246 g/mol. The van der Waals surface area contributed by atoms with Gasteiger partial charge in [-0.1, -0.05) is 44.7 Å². The van der Waals surface area contributed by atoms with Gasteiger partial charge in [-0.25, -0.2) is 0 Å². The van der Waals surface area contributed by atoms with E-state index in [1.165, 1.54) is 5.57 Å². The molecule has 2 nitrogen and oxygen atoms in total. The molecule has 0 aliphatic carbocycles. The maximum absolute atomic E-state index is 9.37. The van der Waals surface area contributed by atoms with E-state index >= 15 is 0 Å². The number of hydrogen-bond donors (Lipinski definition) is 1. The lowest BCUT2D eigenvalue weighted by Gasteiger charge is -2.31. The van der Waals surface area contributed by atoms with Gasteiger partial charge in [-0.05, 0) is 44.8 Å². The molecule has 0 unspecified atom stereocenters. The van der Waals surface area contributed by atoms with Crippen LogP contribution in [0.1, 0.15) is 40.0 Å². The van der Waals surface area contributed by atoms with Crippen molar-refractivity contribution in [3.63, 3.8) is 0 Å². The molecule has 2 heteroatoms. The molecule has 1 aliphatic heterocycles. The third kappa shape index (κ3) is 5.33. The van der Waals surface area contributed by atoms with Crippen molar-refractivity contribution in [2.75, 3.05) is 13.1 Å². The molecule has 0 amide bonds. The van der Waals surface area contributed by atoms with E-state index in [0.717, 1.165) is 32.4 Å². The molecule has 0 aromatic carbocycles.